The first-order valence-corrected chi connectivity index (χ1v) is 15.1. The fourth-order valence-electron chi connectivity index (χ4n) is 6.15. The smallest absolute Gasteiger partial charge is 0.264 e. The van der Waals surface area contributed by atoms with Crippen molar-refractivity contribution in [3.05, 3.63) is 72.3 Å². The van der Waals surface area contributed by atoms with Crippen LogP contribution >= 0.6 is 0 Å². The van der Waals surface area contributed by atoms with Crippen molar-refractivity contribution in [3.63, 3.8) is 0 Å². The van der Waals surface area contributed by atoms with Gasteiger partial charge in [-0.2, -0.15) is 10.4 Å². The van der Waals surface area contributed by atoms with E-state index < -0.39 is 11.4 Å². The summed E-state index contributed by atoms with van der Waals surface area (Å²) in [5, 5.41) is 18.6. The SMILES string of the molecule is CC(C)(C=C(C#N)C(=O)N1CCCC(n2nc(-c3ccc(Oc4ccccc4)cc3F)c3c(N)ncnc32)C1)N1CCNCC1. The van der Waals surface area contributed by atoms with Crippen molar-refractivity contribution >= 4 is 22.8 Å². The predicted octanol–water partition coefficient (Wildman–Crippen LogP) is 4.30. The lowest BCUT2D eigenvalue weighted by Crippen LogP contribution is -2.53. The Labute approximate surface area is 261 Å². The second-order valence-corrected chi connectivity index (χ2v) is 11.9. The number of para-hydroxylation sites is 1. The van der Waals surface area contributed by atoms with Crippen molar-refractivity contribution in [3.8, 4) is 28.8 Å². The van der Waals surface area contributed by atoms with E-state index in [1.165, 1.54) is 12.4 Å². The Kier molecular flexibility index (Phi) is 8.47. The first kappa shape index (κ1) is 30.2. The number of nitrogens with one attached hydrogen (secondary N) is 1. The van der Waals surface area contributed by atoms with Crippen LogP contribution in [-0.2, 0) is 4.79 Å². The van der Waals surface area contributed by atoms with Gasteiger partial charge in [-0.25, -0.2) is 19.0 Å². The van der Waals surface area contributed by atoms with Crippen LogP contribution in [0.5, 0.6) is 11.5 Å². The average molecular weight is 610 g/mol. The van der Waals surface area contributed by atoms with E-state index in [0.717, 1.165) is 26.2 Å². The molecule has 0 saturated carbocycles. The Bertz CT molecular complexity index is 1770. The lowest BCUT2D eigenvalue weighted by atomic mass is 9.97. The van der Waals surface area contributed by atoms with Crippen LogP contribution in [0.15, 0.2) is 66.5 Å². The quantitative estimate of drug-likeness (QED) is 0.232. The van der Waals surface area contributed by atoms with Crippen molar-refractivity contribution in [2.75, 3.05) is 45.0 Å². The minimum absolute atomic E-state index is 0.122. The van der Waals surface area contributed by atoms with Gasteiger partial charge >= 0.3 is 0 Å². The number of amides is 1. The molecule has 4 heterocycles. The molecule has 1 amide bonds. The number of carbonyl (C=O) groups excluding carboxylic acids is 1. The van der Waals surface area contributed by atoms with Crippen molar-refractivity contribution in [2.45, 2.75) is 38.3 Å². The molecule has 0 aliphatic carbocycles. The number of nitrogens with two attached hydrogens (primary N) is 1. The third kappa shape index (κ3) is 6.22. The third-order valence-electron chi connectivity index (χ3n) is 8.50. The second-order valence-electron chi connectivity index (χ2n) is 11.9. The molecule has 2 aromatic carbocycles. The summed E-state index contributed by atoms with van der Waals surface area (Å²) >= 11 is 0. The van der Waals surface area contributed by atoms with E-state index in [-0.39, 0.29) is 28.9 Å². The summed E-state index contributed by atoms with van der Waals surface area (Å²) in [4.78, 5) is 26.3. The second kappa shape index (κ2) is 12.6. The molecule has 3 N–H and O–H groups in total. The molecule has 2 aliphatic heterocycles. The minimum Gasteiger partial charge on any atom is -0.457 e. The van der Waals surface area contributed by atoms with E-state index in [1.54, 1.807) is 39.9 Å². The number of hydrogen-bond acceptors (Lipinski definition) is 9. The molecule has 11 nitrogen and oxygen atoms in total. The van der Waals surface area contributed by atoms with Gasteiger partial charge in [-0.05, 0) is 57.0 Å². The molecule has 2 saturated heterocycles. The summed E-state index contributed by atoms with van der Waals surface area (Å²) in [5.41, 5.74) is 6.97. The third-order valence-corrected chi connectivity index (χ3v) is 8.50. The summed E-state index contributed by atoms with van der Waals surface area (Å²) < 4.78 is 23.1. The highest BCUT2D eigenvalue weighted by atomic mass is 19.1. The highest BCUT2D eigenvalue weighted by Gasteiger charge is 2.33. The number of nitrogen functional groups attached to an aromatic ring is 1. The number of rotatable bonds is 7. The average Bonchev–Trinajstić information content (AvgIpc) is 3.45. The van der Waals surface area contributed by atoms with Gasteiger partial charge in [0.15, 0.2) is 5.65 Å². The van der Waals surface area contributed by atoms with Gasteiger partial charge in [0.1, 0.15) is 46.8 Å². The van der Waals surface area contributed by atoms with Gasteiger partial charge in [-0.3, -0.25) is 9.69 Å². The number of likely N-dealkylation sites (tertiary alicyclic amines) is 1. The van der Waals surface area contributed by atoms with Crippen LogP contribution in [0, 0.1) is 17.1 Å². The molecule has 2 aromatic heterocycles. The monoisotopic (exact) mass is 609 g/mol. The topological polar surface area (TPSA) is 138 Å². The number of hydrogen-bond donors (Lipinski definition) is 2. The molecule has 45 heavy (non-hydrogen) atoms. The lowest BCUT2D eigenvalue weighted by molar-refractivity contribution is -0.128. The molecule has 2 aliphatic rings. The Morgan fingerprint density at radius 2 is 1.91 bits per heavy atom. The molecule has 0 radical (unpaired) electrons. The molecule has 0 bridgehead atoms. The van der Waals surface area contributed by atoms with Crippen molar-refractivity contribution in [1.82, 2.24) is 34.9 Å². The molecular weight excluding hydrogens is 573 g/mol. The number of piperazine rings is 1. The molecule has 6 rings (SSSR count). The van der Waals surface area contributed by atoms with Gasteiger partial charge in [0.25, 0.3) is 5.91 Å². The number of carbonyl (C=O) groups is 1. The number of nitrogens with zero attached hydrogens (tertiary/aromatic N) is 7. The van der Waals surface area contributed by atoms with E-state index in [2.05, 4.69) is 26.3 Å². The fourth-order valence-corrected chi connectivity index (χ4v) is 6.15. The Hall–Kier alpha value is -4.86. The number of piperidine rings is 1. The van der Waals surface area contributed by atoms with Crippen molar-refractivity contribution in [1.29, 1.82) is 5.26 Å². The van der Waals surface area contributed by atoms with Crippen molar-refractivity contribution in [2.24, 2.45) is 0 Å². The van der Waals surface area contributed by atoms with Gasteiger partial charge in [0.05, 0.1) is 11.4 Å². The van der Waals surface area contributed by atoms with Crippen molar-refractivity contribution < 1.29 is 13.9 Å². The van der Waals surface area contributed by atoms with Crippen LogP contribution in [-0.4, -0.2) is 80.3 Å². The highest BCUT2D eigenvalue weighted by Crippen LogP contribution is 2.36. The summed E-state index contributed by atoms with van der Waals surface area (Å²) in [6, 6.07) is 15.6. The standard InChI is InChI=1S/C33H36FN9O2/c1-33(2,42-15-12-37-13-16-42)18-22(19-35)32(44)41-14-6-7-23(20-41)43-31-28(30(36)38-21-39-31)29(40-43)26-11-10-25(17-27(26)34)45-24-8-4-3-5-9-24/h3-5,8-11,17-18,21,23,37H,6-7,12-16,20H2,1-2H3,(H2,36,38,39). The zero-order chi connectivity index (χ0) is 31.6. The molecular formula is C33H36FN9O2. The zero-order valence-corrected chi connectivity index (χ0v) is 25.4. The lowest BCUT2D eigenvalue weighted by Gasteiger charge is -2.39. The summed E-state index contributed by atoms with van der Waals surface area (Å²) in [6.07, 6.45) is 4.56. The maximum Gasteiger partial charge on any atom is 0.264 e. The predicted molar refractivity (Wildman–Crippen MR) is 169 cm³/mol. The van der Waals surface area contributed by atoms with Gasteiger partial charge < -0.3 is 20.7 Å². The van der Waals surface area contributed by atoms with E-state index in [0.29, 0.717) is 54.2 Å². The molecule has 232 valence electrons. The van der Waals surface area contributed by atoms with Gasteiger partial charge in [0.2, 0.25) is 0 Å². The van der Waals surface area contributed by atoms with E-state index >= 15 is 4.39 Å². The fraction of sp³-hybridized carbons (Fsp3) is 0.364. The number of fused-ring (bicyclic) bond motifs is 1. The van der Waals surface area contributed by atoms with Crippen LogP contribution in [0.2, 0.25) is 0 Å². The molecule has 4 aromatic rings. The summed E-state index contributed by atoms with van der Waals surface area (Å²) in [5.74, 6) is 0.276. The highest BCUT2D eigenvalue weighted by molar-refractivity contribution is 5.99. The molecule has 12 heteroatoms. The maximum atomic E-state index is 15.6. The van der Waals surface area contributed by atoms with Crippen LogP contribution in [0.25, 0.3) is 22.3 Å². The number of ether oxygens (including phenoxy) is 1. The van der Waals surface area contributed by atoms with Crippen LogP contribution < -0.4 is 15.8 Å². The molecule has 2 fully saturated rings. The number of aromatic nitrogens is 4. The number of nitriles is 1. The van der Waals surface area contributed by atoms with Gasteiger partial charge in [-0.1, -0.05) is 18.2 Å². The van der Waals surface area contributed by atoms with E-state index in [9.17, 15) is 10.1 Å². The molecule has 1 atom stereocenters. The Morgan fingerprint density at radius 3 is 2.64 bits per heavy atom. The summed E-state index contributed by atoms with van der Waals surface area (Å²) in [7, 11) is 0. The van der Waals surface area contributed by atoms with Crippen LogP contribution in [0.4, 0.5) is 10.2 Å². The normalized spacial score (nSPS) is 18.1. The first-order valence-electron chi connectivity index (χ1n) is 15.1. The van der Waals surface area contributed by atoms with Crippen LogP contribution in [0.1, 0.15) is 32.7 Å². The number of anilines is 1. The van der Waals surface area contributed by atoms with Gasteiger partial charge in [0, 0.05) is 56.4 Å². The molecule has 1 unspecified atom stereocenters. The largest absolute Gasteiger partial charge is 0.457 e. The Balaban J connectivity index is 1.28. The molecule has 0 spiro atoms. The maximum absolute atomic E-state index is 15.6. The first-order chi connectivity index (χ1) is 21.7. The number of halogens is 1. The summed E-state index contributed by atoms with van der Waals surface area (Å²) in [6.45, 7) is 8.30. The zero-order valence-electron chi connectivity index (χ0n) is 25.4. The minimum atomic E-state index is -0.533. The Morgan fingerprint density at radius 1 is 1.13 bits per heavy atom. The van der Waals surface area contributed by atoms with E-state index in [4.69, 9.17) is 15.6 Å². The van der Waals surface area contributed by atoms with E-state index in [1.807, 2.05) is 32.0 Å². The van der Waals surface area contributed by atoms with Crippen LogP contribution in [0.3, 0.4) is 0 Å². The van der Waals surface area contributed by atoms with Gasteiger partial charge in [-0.15, -0.1) is 0 Å². The number of benzene rings is 2.